The maximum Gasteiger partial charge on any atom is 0.394 e. The maximum atomic E-state index is 13.1. The molecule has 3 heterocycles. The quantitative estimate of drug-likeness (QED) is 0.521. The van der Waals surface area contributed by atoms with Crippen LogP contribution in [-0.2, 0) is 4.79 Å². The predicted molar refractivity (Wildman–Crippen MR) is 131 cm³/mol. The van der Waals surface area contributed by atoms with E-state index in [1.807, 2.05) is 11.9 Å². The van der Waals surface area contributed by atoms with Crippen LogP contribution in [0.2, 0.25) is 0 Å². The van der Waals surface area contributed by atoms with E-state index in [4.69, 9.17) is 0 Å². The Labute approximate surface area is 205 Å². The van der Waals surface area contributed by atoms with E-state index >= 15 is 0 Å². The second kappa shape index (κ2) is 10.4. The van der Waals surface area contributed by atoms with Gasteiger partial charge in [-0.05, 0) is 41.0 Å². The van der Waals surface area contributed by atoms with Gasteiger partial charge >= 0.3 is 6.11 Å². The molecular weight excluding hydrogens is 454 g/mol. The summed E-state index contributed by atoms with van der Waals surface area (Å²) in [7, 11) is 1.88. The van der Waals surface area contributed by atoms with E-state index in [2.05, 4.69) is 26.4 Å². The maximum absolute atomic E-state index is 13.1. The summed E-state index contributed by atoms with van der Waals surface area (Å²) in [4.78, 5) is 19.2. The van der Waals surface area contributed by atoms with Crippen molar-refractivity contribution >= 4 is 11.6 Å². The molecular formula is C26H34F2N4O3. The molecule has 0 saturated heterocycles. The molecule has 0 saturated carbocycles. The summed E-state index contributed by atoms with van der Waals surface area (Å²) < 4.78 is 30.7. The molecule has 35 heavy (non-hydrogen) atoms. The molecule has 3 aliphatic heterocycles. The number of alkyl halides is 2. The van der Waals surface area contributed by atoms with Crippen LogP contribution in [0.1, 0.15) is 19.8 Å². The highest BCUT2D eigenvalue weighted by Crippen LogP contribution is 2.32. The smallest absolute Gasteiger partial charge is 0.394 e. The molecule has 190 valence electrons. The number of aliphatic hydroxyl groups is 1. The number of hydrogen-bond donors (Lipinski definition) is 2. The lowest BCUT2D eigenvalue weighted by Crippen LogP contribution is -2.45. The number of halogens is 2. The van der Waals surface area contributed by atoms with Gasteiger partial charge in [0.2, 0.25) is 5.91 Å². The van der Waals surface area contributed by atoms with Crippen LogP contribution < -0.4 is 15.0 Å². The van der Waals surface area contributed by atoms with Crippen molar-refractivity contribution in [3.8, 4) is 5.75 Å². The first-order valence-corrected chi connectivity index (χ1v) is 12.0. The summed E-state index contributed by atoms with van der Waals surface area (Å²) in [5, 5.41) is 13.3. The van der Waals surface area contributed by atoms with E-state index in [0.29, 0.717) is 13.1 Å². The van der Waals surface area contributed by atoms with Crippen molar-refractivity contribution in [3.63, 3.8) is 0 Å². The van der Waals surface area contributed by atoms with E-state index in [1.54, 1.807) is 30.3 Å². The van der Waals surface area contributed by atoms with Crippen LogP contribution in [0, 0.1) is 0 Å². The molecule has 1 aromatic carbocycles. The molecule has 3 aliphatic rings. The first-order valence-electron chi connectivity index (χ1n) is 12.0. The van der Waals surface area contributed by atoms with Crippen LogP contribution in [0.5, 0.6) is 5.75 Å². The number of anilines is 1. The zero-order chi connectivity index (χ0) is 25.2. The Hall–Kier alpha value is -2.91. The molecule has 0 bridgehead atoms. The minimum Gasteiger partial charge on any atom is -0.433 e. The third-order valence-electron chi connectivity index (χ3n) is 6.97. The zero-order valence-electron chi connectivity index (χ0n) is 20.4. The van der Waals surface area contributed by atoms with Gasteiger partial charge in [0.25, 0.3) is 0 Å². The van der Waals surface area contributed by atoms with Gasteiger partial charge in [0, 0.05) is 83.5 Å². The predicted octanol–water partition coefficient (Wildman–Crippen LogP) is 2.75. The summed E-state index contributed by atoms with van der Waals surface area (Å²) in [6, 6.07) is 6.47. The van der Waals surface area contributed by atoms with Gasteiger partial charge < -0.3 is 25.0 Å². The summed E-state index contributed by atoms with van der Waals surface area (Å²) in [6.07, 6.45) is -0.351. The van der Waals surface area contributed by atoms with Gasteiger partial charge in [0.15, 0.2) is 0 Å². The standard InChI is InChI=1S/C26H34F2N4O3/c1-4-18-12-30(10-9-24(18)29-3)25(34)11-22(17-33)32-15-19-13-31(14-20(19)16-32)21-5-7-23(8-6-21)35-26(2,27)28/h4-8,22,29,33H,1,9-17H2,2-3H3. The van der Waals surface area contributed by atoms with Gasteiger partial charge in [0.05, 0.1) is 6.61 Å². The van der Waals surface area contributed by atoms with Crippen LogP contribution in [0.15, 0.2) is 59.3 Å². The highest BCUT2D eigenvalue weighted by molar-refractivity contribution is 5.77. The summed E-state index contributed by atoms with van der Waals surface area (Å²) in [6.45, 7) is 8.64. The normalized spacial score (nSPS) is 19.8. The fourth-order valence-corrected chi connectivity index (χ4v) is 5.10. The minimum atomic E-state index is -3.21. The minimum absolute atomic E-state index is 0.0483. The molecule has 0 radical (unpaired) electrons. The van der Waals surface area contributed by atoms with Gasteiger partial charge in [-0.2, -0.15) is 8.78 Å². The van der Waals surface area contributed by atoms with Crippen LogP contribution >= 0.6 is 0 Å². The molecule has 1 aromatic rings. The molecule has 2 N–H and O–H groups in total. The molecule has 0 spiro atoms. The van der Waals surface area contributed by atoms with Gasteiger partial charge in [0.1, 0.15) is 5.75 Å². The van der Waals surface area contributed by atoms with Gasteiger partial charge in [-0.1, -0.05) is 12.7 Å². The number of ether oxygens (including phenoxy) is 1. The number of benzene rings is 1. The molecule has 7 nitrogen and oxygen atoms in total. The topological polar surface area (TPSA) is 68.3 Å². The molecule has 1 atom stereocenters. The number of carbonyl (C=O) groups is 1. The highest BCUT2D eigenvalue weighted by Gasteiger charge is 2.35. The Kier molecular flexibility index (Phi) is 7.47. The second-order valence-electron chi connectivity index (χ2n) is 9.44. The molecule has 9 heteroatoms. The fourth-order valence-electron chi connectivity index (χ4n) is 5.10. The summed E-state index contributed by atoms with van der Waals surface area (Å²) in [5.74, 6) is 0.182. The van der Waals surface area contributed by atoms with Crippen molar-refractivity contribution in [2.75, 3.05) is 57.8 Å². The van der Waals surface area contributed by atoms with Gasteiger partial charge in [-0.3, -0.25) is 9.69 Å². The number of aliphatic hydroxyl groups excluding tert-OH is 1. The van der Waals surface area contributed by atoms with Crippen LogP contribution in [0.25, 0.3) is 0 Å². The van der Waals surface area contributed by atoms with E-state index < -0.39 is 6.11 Å². The Morgan fingerprint density at radius 1 is 1.20 bits per heavy atom. The Morgan fingerprint density at radius 3 is 2.40 bits per heavy atom. The molecule has 1 amide bonds. The number of carbonyl (C=O) groups excluding carboxylic acids is 1. The Morgan fingerprint density at radius 2 is 1.86 bits per heavy atom. The van der Waals surface area contributed by atoms with Gasteiger partial charge in [-0.25, -0.2) is 0 Å². The lowest BCUT2D eigenvalue weighted by Gasteiger charge is -2.33. The molecule has 1 unspecified atom stereocenters. The van der Waals surface area contributed by atoms with Crippen LogP contribution in [-0.4, -0.2) is 85.9 Å². The van der Waals surface area contributed by atoms with Gasteiger partial charge in [-0.15, -0.1) is 0 Å². The first-order chi connectivity index (χ1) is 16.7. The molecule has 0 fully saturated rings. The molecule has 0 aromatic heterocycles. The number of hydrogen-bond acceptors (Lipinski definition) is 6. The number of rotatable bonds is 9. The largest absolute Gasteiger partial charge is 0.433 e. The van der Waals surface area contributed by atoms with Crippen molar-refractivity contribution < 1.29 is 23.4 Å². The first kappa shape index (κ1) is 25.2. The van der Waals surface area contributed by atoms with Crippen molar-refractivity contribution in [3.05, 3.63) is 59.3 Å². The lowest BCUT2D eigenvalue weighted by atomic mass is 10.0. The fraction of sp³-hybridized carbons (Fsp3) is 0.500. The van der Waals surface area contributed by atoms with Crippen molar-refractivity contribution in [1.82, 2.24) is 15.1 Å². The summed E-state index contributed by atoms with van der Waals surface area (Å²) in [5.41, 5.74) is 5.70. The molecule has 0 aliphatic carbocycles. The van der Waals surface area contributed by atoms with Crippen LogP contribution in [0.4, 0.5) is 14.5 Å². The third-order valence-corrected chi connectivity index (χ3v) is 6.97. The van der Waals surface area contributed by atoms with E-state index in [9.17, 15) is 18.7 Å². The van der Waals surface area contributed by atoms with Crippen molar-refractivity contribution in [2.45, 2.75) is 31.9 Å². The van der Waals surface area contributed by atoms with E-state index in [0.717, 1.165) is 56.5 Å². The zero-order valence-corrected chi connectivity index (χ0v) is 20.4. The van der Waals surface area contributed by atoms with Crippen LogP contribution in [0.3, 0.4) is 0 Å². The van der Waals surface area contributed by atoms with Crippen molar-refractivity contribution in [1.29, 1.82) is 0 Å². The van der Waals surface area contributed by atoms with E-state index in [-0.39, 0.29) is 30.7 Å². The Bertz CT molecular complexity index is 998. The average Bonchev–Trinajstić information content (AvgIpc) is 3.41. The van der Waals surface area contributed by atoms with E-state index in [1.165, 1.54) is 11.1 Å². The summed E-state index contributed by atoms with van der Waals surface area (Å²) >= 11 is 0. The number of amides is 1. The Balaban J connectivity index is 1.30. The average molecular weight is 489 g/mol. The molecule has 4 rings (SSSR count). The number of nitrogens with zero attached hydrogens (tertiary/aromatic N) is 3. The third kappa shape index (κ3) is 5.85. The monoisotopic (exact) mass is 488 g/mol. The SMILES string of the molecule is C=CC1=C(NC)CCN(C(=O)CC(CO)N2CC3=C(CN(c4ccc(OC(C)(F)F)cc4)C3)C2)C1. The highest BCUT2D eigenvalue weighted by atomic mass is 19.3. The lowest BCUT2D eigenvalue weighted by molar-refractivity contribution is -0.158. The second-order valence-corrected chi connectivity index (χ2v) is 9.44. The van der Waals surface area contributed by atoms with Crippen molar-refractivity contribution in [2.24, 2.45) is 0 Å². The number of nitrogens with one attached hydrogen (secondary N) is 1.